The number of allylic oxidation sites excluding steroid dienone is 4. The van der Waals surface area contributed by atoms with Crippen LogP contribution in [-0.2, 0) is 4.79 Å². The van der Waals surface area contributed by atoms with Crippen molar-refractivity contribution in [2.24, 2.45) is 4.99 Å². The van der Waals surface area contributed by atoms with Gasteiger partial charge in [0.2, 0.25) is 5.91 Å². The van der Waals surface area contributed by atoms with Crippen LogP contribution in [-0.4, -0.2) is 42.3 Å². The van der Waals surface area contributed by atoms with Gasteiger partial charge in [-0.25, -0.2) is 0 Å². The summed E-state index contributed by atoms with van der Waals surface area (Å²) in [5.41, 5.74) is 0. The number of unbranched alkanes of at least 4 members (excludes halogenated alkanes) is 23. The summed E-state index contributed by atoms with van der Waals surface area (Å²) in [4.78, 5) is 19.7. The Morgan fingerprint density at radius 1 is 0.630 bits per heavy atom. The SMILES string of the molecule is CCCCCCCC/C=C\CCCCCCCCC1=NCCN1C(C)CNC(=O)CCCCCCC/C=C\CCCCCCCC. The van der Waals surface area contributed by atoms with Crippen LogP contribution in [0.15, 0.2) is 29.3 Å². The van der Waals surface area contributed by atoms with Crippen LogP contribution in [0.4, 0.5) is 0 Å². The molecule has 0 saturated carbocycles. The van der Waals surface area contributed by atoms with Crippen molar-refractivity contribution < 1.29 is 4.79 Å². The number of aliphatic imine (C=N–C) groups is 1. The van der Waals surface area contributed by atoms with Crippen molar-refractivity contribution in [2.45, 2.75) is 213 Å². The molecule has 0 spiro atoms. The van der Waals surface area contributed by atoms with Crippen molar-refractivity contribution in [3.63, 3.8) is 0 Å². The highest BCUT2D eigenvalue weighted by Crippen LogP contribution is 2.16. The van der Waals surface area contributed by atoms with Gasteiger partial charge in [0.25, 0.3) is 0 Å². The molecule has 0 saturated heterocycles. The van der Waals surface area contributed by atoms with Crippen molar-refractivity contribution in [3.8, 4) is 0 Å². The fourth-order valence-corrected chi connectivity index (χ4v) is 6.55. The van der Waals surface area contributed by atoms with E-state index in [4.69, 9.17) is 4.99 Å². The van der Waals surface area contributed by atoms with Crippen molar-refractivity contribution in [2.75, 3.05) is 19.6 Å². The highest BCUT2D eigenvalue weighted by atomic mass is 16.1. The molecule has 0 bridgehead atoms. The smallest absolute Gasteiger partial charge is 0.220 e. The van der Waals surface area contributed by atoms with Crippen LogP contribution >= 0.6 is 0 Å². The van der Waals surface area contributed by atoms with E-state index in [0.717, 1.165) is 32.5 Å². The number of amides is 1. The summed E-state index contributed by atoms with van der Waals surface area (Å²) in [6.45, 7) is 9.46. The van der Waals surface area contributed by atoms with E-state index in [1.807, 2.05) is 0 Å². The lowest BCUT2D eigenvalue weighted by atomic mass is 10.1. The van der Waals surface area contributed by atoms with E-state index in [9.17, 15) is 4.79 Å². The van der Waals surface area contributed by atoms with E-state index < -0.39 is 0 Å². The third-order valence-corrected chi connectivity index (χ3v) is 9.67. The Morgan fingerprint density at radius 2 is 1.04 bits per heavy atom. The normalized spacial score (nSPS) is 14.2. The van der Waals surface area contributed by atoms with Gasteiger partial charge in [0.05, 0.1) is 12.4 Å². The number of amidine groups is 1. The molecule has 268 valence electrons. The third-order valence-electron chi connectivity index (χ3n) is 9.67. The molecule has 1 N–H and O–H groups in total. The van der Waals surface area contributed by atoms with Crippen LogP contribution < -0.4 is 5.32 Å². The monoisotopic (exact) mass is 642 g/mol. The van der Waals surface area contributed by atoms with Crippen LogP contribution in [0, 0.1) is 0 Å². The summed E-state index contributed by atoms with van der Waals surface area (Å²) >= 11 is 0. The van der Waals surface area contributed by atoms with Gasteiger partial charge in [0.1, 0.15) is 0 Å². The Balaban J connectivity index is 1.94. The van der Waals surface area contributed by atoms with E-state index in [0.29, 0.717) is 12.5 Å². The number of nitrogens with zero attached hydrogens (tertiary/aromatic N) is 2. The van der Waals surface area contributed by atoms with E-state index in [2.05, 4.69) is 55.3 Å². The Labute approximate surface area is 288 Å². The van der Waals surface area contributed by atoms with E-state index in [1.54, 1.807) is 0 Å². The predicted molar refractivity (Wildman–Crippen MR) is 205 cm³/mol. The number of rotatable bonds is 34. The number of hydrogen-bond acceptors (Lipinski definition) is 3. The summed E-state index contributed by atoms with van der Waals surface area (Å²) in [5, 5.41) is 3.20. The first-order chi connectivity index (χ1) is 22.7. The summed E-state index contributed by atoms with van der Waals surface area (Å²) < 4.78 is 0. The molecular weight excluding hydrogens is 562 g/mol. The average Bonchev–Trinajstić information content (AvgIpc) is 3.54. The predicted octanol–water partition coefficient (Wildman–Crippen LogP) is 12.7. The third kappa shape index (κ3) is 26.5. The van der Waals surface area contributed by atoms with E-state index >= 15 is 0 Å². The van der Waals surface area contributed by atoms with Gasteiger partial charge in [-0.15, -0.1) is 0 Å². The van der Waals surface area contributed by atoms with Crippen molar-refractivity contribution in [1.29, 1.82) is 0 Å². The van der Waals surface area contributed by atoms with Gasteiger partial charge in [-0.1, -0.05) is 147 Å². The average molecular weight is 642 g/mol. The van der Waals surface area contributed by atoms with Crippen LogP contribution in [0.3, 0.4) is 0 Å². The summed E-state index contributed by atoms with van der Waals surface area (Å²) in [6, 6.07) is 0.327. The molecular formula is C42H79N3O. The van der Waals surface area contributed by atoms with Gasteiger partial charge in [0, 0.05) is 32.0 Å². The van der Waals surface area contributed by atoms with Gasteiger partial charge in [-0.05, 0) is 71.1 Å². The molecule has 0 aliphatic carbocycles. The molecule has 1 rings (SSSR count). The number of carbonyl (C=O) groups is 1. The Bertz CT molecular complexity index is 758. The first-order valence-corrected chi connectivity index (χ1v) is 20.6. The number of hydrogen-bond donors (Lipinski definition) is 1. The van der Waals surface area contributed by atoms with Crippen LogP contribution in [0.25, 0.3) is 0 Å². The largest absolute Gasteiger partial charge is 0.354 e. The first kappa shape index (κ1) is 42.4. The van der Waals surface area contributed by atoms with Gasteiger partial charge in [-0.3, -0.25) is 9.79 Å². The second-order valence-electron chi connectivity index (χ2n) is 14.2. The standard InChI is InChI=1S/C42H79N3O/c1-4-6-8-10-12-14-16-18-20-22-23-25-27-29-31-33-35-41-43-37-38-45(41)40(3)39-44-42(46)36-34-32-30-28-26-24-21-19-17-15-13-11-9-7-5-2/h18-21,40H,4-17,22-39H2,1-3H3,(H,44,46)/b20-18-,21-19-. The molecule has 0 fully saturated rings. The minimum atomic E-state index is 0.218. The maximum atomic E-state index is 12.4. The quantitative estimate of drug-likeness (QED) is 0.0561. The Morgan fingerprint density at radius 3 is 1.52 bits per heavy atom. The molecule has 0 radical (unpaired) electrons. The zero-order valence-corrected chi connectivity index (χ0v) is 31.3. The Hall–Kier alpha value is -1.58. The maximum absolute atomic E-state index is 12.4. The zero-order valence-electron chi connectivity index (χ0n) is 31.3. The fourth-order valence-electron chi connectivity index (χ4n) is 6.55. The molecule has 1 atom stereocenters. The highest BCUT2D eigenvalue weighted by Gasteiger charge is 2.22. The summed E-state index contributed by atoms with van der Waals surface area (Å²) in [6.07, 6.45) is 47.0. The lowest BCUT2D eigenvalue weighted by Gasteiger charge is -2.28. The first-order valence-electron chi connectivity index (χ1n) is 20.6. The van der Waals surface area contributed by atoms with Crippen molar-refractivity contribution in [3.05, 3.63) is 24.3 Å². The van der Waals surface area contributed by atoms with Crippen molar-refractivity contribution in [1.82, 2.24) is 10.2 Å². The summed E-state index contributed by atoms with van der Waals surface area (Å²) in [7, 11) is 0. The molecule has 46 heavy (non-hydrogen) atoms. The van der Waals surface area contributed by atoms with Gasteiger partial charge in [-0.2, -0.15) is 0 Å². The fraction of sp³-hybridized carbons (Fsp3) is 0.857. The number of carbonyl (C=O) groups excluding carboxylic acids is 1. The molecule has 4 nitrogen and oxygen atoms in total. The molecule has 1 aliphatic heterocycles. The van der Waals surface area contributed by atoms with Gasteiger partial charge in [0.15, 0.2) is 0 Å². The molecule has 1 aliphatic rings. The molecule has 1 amide bonds. The molecule has 1 unspecified atom stereocenters. The van der Waals surface area contributed by atoms with Crippen molar-refractivity contribution >= 4 is 11.7 Å². The topological polar surface area (TPSA) is 44.7 Å². The van der Waals surface area contributed by atoms with Crippen LogP contribution in [0.5, 0.6) is 0 Å². The van der Waals surface area contributed by atoms with Gasteiger partial charge < -0.3 is 10.2 Å². The van der Waals surface area contributed by atoms with Gasteiger partial charge >= 0.3 is 0 Å². The second-order valence-corrected chi connectivity index (χ2v) is 14.2. The Kier molecular flexibility index (Phi) is 30.7. The number of nitrogens with one attached hydrogen (secondary N) is 1. The molecule has 0 aromatic heterocycles. The summed E-state index contributed by atoms with van der Waals surface area (Å²) in [5.74, 6) is 1.49. The lowest BCUT2D eigenvalue weighted by Crippen LogP contribution is -2.43. The van der Waals surface area contributed by atoms with E-state index in [1.165, 1.54) is 173 Å². The molecule has 1 heterocycles. The maximum Gasteiger partial charge on any atom is 0.220 e. The van der Waals surface area contributed by atoms with Crippen LogP contribution in [0.1, 0.15) is 207 Å². The second kappa shape index (κ2) is 33.3. The van der Waals surface area contributed by atoms with Crippen LogP contribution in [0.2, 0.25) is 0 Å². The zero-order chi connectivity index (χ0) is 33.2. The lowest BCUT2D eigenvalue weighted by molar-refractivity contribution is -0.121. The molecule has 4 heteroatoms. The molecule has 0 aromatic carbocycles. The minimum absolute atomic E-state index is 0.218. The molecule has 0 aromatic rings. The minimum Gasteiger partial charge on any atom is -0.354 e. The highest BCUT2D eigenvalue weighted by molar-refractivity contribution is 5.84. The van der Waals surface area contributed by atoms with E-state index in [-0.39, 0.29) is 5.91 Å².